The third-order valence-electron chi connectivity index (χ3n) is 3.61. The van der Waals surface area contributed by atoms with Crippen LogP contribution in [0.25, 0.3) is 0 Å². The van der Waals surface area contributed by atoms with E-state index in [1.165, 1.54) is 37.2 Å². The first kappa shape index (κ1) is 12.2. The van der Waals surface area contributed by atoms with Crippen LogP contribution >= 0.6 is 11.8 Å². The van der Waals surface area contributed by atoms with E-state index in [0.717, 1.165) is 6.42 Å². The number of carboxylic acid groups (broad SMARTS) is 1. The van der Waals surface area contributed by atoms with Crippen LogP contribution in [0.2, 0.25) is 0 Å². The summed E-state index contributed by atoms with van der Waals surface area (Å²) in [6, 6.07) is 0.838. The van der Waals surface area contributed by atoms with Crippen molar-refractivity contribution in [3.8, 4) is 0 Å². The lowest BCUT2D eigenvalue weighted by molar-refractivity contribution is -0.145. The molecule has 1 saturated carbocycles. The lowest BCUT2D eigenvalue weighted by atomic mass is 10.0. The molecule has 0 aromatic carbocycles. The van der Waals surface area contributed by atoms with E-state index in [4.69, 9.17) is 0 Å². The first-order valence-corrected chi connectivity index (χ1v) is 7.47. The standard InChI is InChI=1S/C12H21NO2S/c1-2-11(12(14)15)13(9-3-4-9)10-5-7-16-8-6-10/h9-11H,2-8H2,1H3,(H,14,15)/t11-/m0/s1. The van der Waals surface area contributed by atoms with Gasteiger partial charge < -0.3 is 5.11 Å². The van der Waals surface area contributed by atoms with Gasteiger partial charge in [0.2, 0.25) is 0 Å². The molecule has 3 nitrogen and oxygen atoms in total. The molecule has 0 radical (unpaired) electrons. The Kier molecular flexibility index (Phi) is 4.14. The molecule has 0 bridgehead atoms. The topological polar surface area (TPSA) is 40.5 Å². The molecule has 1 saturated heterocycles. The van der Waals surface area contributed by atoms with Crippen molar-refractivity contribution < 1.29 is 9.90 Å². The molecule has 2 aliphatic rings. The zero-order chi connectivity index (χ0) is 11.5. The maximum atomic E-state index is 11.3. The van der Waals surface area contributed by atoms with E-state index in [0.29, 0.717) is 12.1 Å². The predicted octanol–water partition coefficient (Wildman–Crippen LogP) is 2.21. The van der Waals surface area contributed by atoms with E-state index in [9.17, 15) is 9.90 Å². The summed E-state index contributed by atoms with van der Waals surface area (Å²) in [5.41, 5.74) is 0. The minimum Gasteiger partial charge on any atom is -0.480 e. The maximum absolute atomic E-state index is 11.3. The normalized spacial score (nSPS) is 24.6. The summed E-state index contributed by atoms with van der Waals surface area (Å²) < 4.78 is 0. The second-order valence-corrected chi connectivity index (χ2v) is 6.01. The van der Waals surface area contributed by atoms with Crippen LogP contribution in [0.5, 0.6) is 0 Å². The molecule has 2 fully saturated rings. The molecule has 1 aliphatic carbocycles. The van der Waals surface area contributed by atoms with Gasteiger partial charge in [0.15, 0.2) is 0 Å². The lowest BCUT2D eigenvalue weighted by Gasteiger charge is -2.38. The molecule has 2 rings (SSSR count). The average Bonchev–Trinajstić information content (AvgIpc) is 3.10. The molecule has 0 aromatic heterocycles. The highest BCUT2D eigenvalue weighted by Crippen LogP contribution is 2.35. The second-order valence-electron chi connectivity index (χ2n) is 4.78. The molecule has 1 heterocycles. The molecule has 1 atom stereocenters. The van der Waals surface area contributed by atoms with Gasteiger partial charge in [0.05, 0.1) is 0 Å². The Morgan fingerprint density at radius 3 is 2.31 bits per heavy atom. The number of nitrogens with zero attached hydrogens (tertiary/aromatic N) is 1. The van der Waals surface area contributed by atoms with Crippen LogP contribution in [0, 0.1) is 0 Å². The Bertz CT molecular complexity index is 249. The van der Waals surface area contributed by atoms with Crippen molar-refractivity contribution in [3.05, 3.63) is 0 Å². The highest BCUT2D eigenvalue weighted by molar-refractivity contribution is 7.99. The number of thioether (sulfide) groups is 1. The third-order valence-corrected chi connectivity index (χ3v) is 4.66. The molecular formula is C12H21NO2S. The average molecular weight is 243 g/mol. The maximum Gasteiger partial charge on any atom is 0.320 e. The predicted molar refractivity (Wildman–Crippen MR) is 66.9 cm³/mol. The third kappa shape index (κ3) is 2.72. The summed E-state index contributed by atoms with van der Waals surface area (Å²) in [6.07, 6.45) is 5.48. The van der Waals surface area contributed by atoms with E-state index < -0.39 is 5.97 Å². The second kappa shape index (κ2) is 5.41. The van der Waals surface area contributed by atoms with E-state index in [1.807, 2.05) is 18.7 Å². The fourth-order valence-electron chi connectivity index (χ4n) is 2.68. The Labute approximate surface area is 102 Å². The van der Waals surface area contributed by atoms with Gasteiger partial charge in [0.1, 0.15) is 6.04 Å². The van der Waals surface area contributed by atoms with Gasteiger partial charge in [-0.2, -0.15) is 11.8 Å². The summed E-state index contributed by atoms with van der Waals surface area (Å²) in [5, 5.41) is 9.30. The number of aliphatic carboxylic acids is 1. The first-order chi connectivity index (χ1) is 7.74. The molecule has 0 unspecified atom stereocenters. The van der Waals surface area contributed by atoms with Gasteiger partial charge in [0, 0.05) is 12.1 Å². The zero-order valence-electron chi connectivity index (χ0n) is 9.89. The molecular weight excluding hydrogens is 222 g/mol. The highest BCUT2D eigenvalue weighted by Gasteiger charge is 2.40. The van der Waals surface area contributed by atoms with E-state index in [1.54, 1.807) is 0 Å². The summed E-state index contributed by atoms with van der Waals surface area (Å²) in [6.45, 7) is 1.99. The summed E-state index contributed by atoms with van der Waals surface area (Å²) in [4.78, 5) is 13.6. The largest absolute Gasteiger partial charge is 0.480 e. The van der Waals surface area contributed by atoms with Crippen molar-refractivity contribution in [1.29, 1.82) is 0 Å². The molecule has 4 heteroatoms. The molecule has 0 aromatic rings. The summed E-state index contributed by atoms with van der Waals surface area (Å²) in [5.74, 6) is 1.76. The Morgan fingerprint density at radius 1 is 1.31 bits per heavy atom. The fraction of sp³-hybridized carbons (Fsp3) is 0.917. The number of rotatable bonds is 5. The van der Waals surface area contributed by atoms with Gasteiger partial charge in [0.25, 0.3) is 0 Å². The molecule has 0 amide bonds. The van der Waals surface area contributed by atoms with E-state index >= 15 is 0 Å². The number of hydrogen-bond acceptors (Lipinski definition) is 3. The minimum atomic E-state index is -0.632. The van der Waals surface area contributed by atoms with Crippen molar-refractivity contribution in [2.75, 3.05) is 11.5 Å². The van der Waals surface area contributed by atoms with Gasteiger partial charge in [-0.25, -0.2) is 0 Å². The van der Waals surface area contributed by atoms with E-state index in [-0.39, 0.29) is 6.04 Å². The molecule has 16 heavy (non-hydrogen) atoms. The van der Waals surface area contributed by atoms with Crippen molar-refractivity contribution in [3.63, 3.8) is 0 Å². The minimum absolute atomic E-state index is 0.249. The van der Waals surface area contributed by atoms with Crippen molar-refractivity contribution in [1.82, 2.24) is 4.90 Å². The highest BCUT2D eigenvalue weighted by atomic mass is 32.2. The number of carbonyl (C=O) groups is 1. The molecule has 0 spiro atoms. The number of hydrogen-bond donors (Lipinski definition) is 1. The Morgan fingerprint density at radius 2 is 1.88 bits per heavy atom. The van der Waals surface area contributed by atoms with Crippen LogP contribution in [0.3, 0.4) is 0 Å². The lowest BCUT2D eigenvalue weighted by Crippen LogP contribution is -2.49. The van der Waals surface area contributed by atoms with Gasteiger partial charge in [-0.15, -0.1) is 0 Å². The van der Waals surface area contributed by atoms with Crippen LogP contribution in [0.1, 0.15) is 39.0 Å². The van der Waals surface area contributed by atoms with Crippen LogP contribution in [-0.2, 0) is 4.79 Å². The quantitative estimate of drug-likeness (QED) is 0.803. The van der Waals surface area contributed by atoms with Gasteiger partial charge in [-0.1, -0.05) is 6.92 Å². The monoisotopic (exact) mass is 243 g/mol. The molecule has 1 aliphatic heterocycles. The zero-order valence-corrected chi connectivity index (χ0v) is 10.7. The van der Waals surface area contributed by atoms with Gasteiger partial charge in [-0.3, -0.25) is 9.69 Å². The van der Waals surface area contributed by atoms with Crippen LogP contribution in [0.15, 0.2) is 0 Å². The summed E-state index contributed by atoms with van der Waals surface area (Å²) in [7, 11) is 0. The Balaban J connectivity index is 2.05. The summed E-state index contributed by atoms with van der Waals surface area (Å²) >= 11 is 2.00. The SMILES string of the molecule is CC[C@@H](C(=O)O)N(C1CCSCC1)C1CC1. The van der Waals surface area contributed by atoms with Gasteiger partial charge in [-0.05, 0) is 43.6 Å². The van der Waals surface area contributed by atoms with Crippen molar-refractivity contribution in [2.45, 2.75) is 57.2 Å². The smallest absolute Gasteiger partial charge is 0.320 e. The molecule has 92 valence electrons. The fourth-order valence-corrected chi connectivity index (χ4v) is 3.76. The number of carboxylic acids is 1. The van der Waals surface area contributed by atoms with E-state index in [2.05, 4.69) is 4.90 Å². The van der Waals surface area contributed by atoms with Crippen molar-refractivity contribution in [2.24, 2.45) is 0 Å². The van der Waals surface area contributed by atoms with Crippen LogP contribution in [0.4, 0.5) is 0 Å². The molecule has 1 N–H and O–H groups in total. The van der Waals surface area contributed by atoms with Gasteiger partial charge >= 0.3 is 5.97 Å². The Hall–Kier alpha value is -0.220. The van der Waals surface area contributed by atoms with Crippen molar-refractivity contribution >= 4 is 17.7 Å². The van der Waals surface area contributed by atoms with Crippen LogP contribution in [-0.4, -0.2) is 45.6 Å². The van der Waals surface area contributed by atoms with Crippen LogP contribution < -0.4 is 0 Å². The first-order valence-electron chi connectivity index (χ1n) is 6.32.